The zero-order valence-electron chi connectivity index (χ0n) is 11.2. The van der Waals surface area contributed by atoms with E-state index in [0.29, 0.717) is 11.9 Å². The van der Waals surface area contributed by atoms with E-state index in [2.05, 4.69) is 21.7 Å². The average Bonchev–Trinajstić information content (AvgIpc) is 3.05. The van der Waals surface area contributed by atoms with Gasteiger partial charge < -0.3 is 10.2 Å². The van der Waals surface area contributed by atoms with E-state index in [-0.39, 0.29) is 18.3 Å². The van der Waals surface area contributed by atoms with Crippen molar-refractivity contribution in [2.24, 2.45) is 0 Å². The van der Waals surface area contributed by atoms with Crippen LogP contribution in [-0.4, -0.2) is 37.0 Å². The standard InChI is InChI=1S/C14H20N2OS.ClH/c1-15-10-5-7-16(9-10)14(17)12-3-2-4-13-11(12)6-8-18-13;/h6,8,10,12,15H,2-5,7,9H2,1H3;1H. The minimum Gasteiger partial charge on any atom is -0.341 e. The third-order valence-electron chi connectivity index (χ3n) is 4.26. The first-order valence-electron chi connectivity index (χ1n) is 6.82. The summed E-state index contributed by atoms with van der Waals surface area (Å²) in [6, 6.07) is 2.65. The summed E-state index contributed by atoms with van der Waals surface area (Å²) in [5.41, 5.74) is 1.31. The van der Waals surface area contributed by atoms with E-state index in [1.165, 1.54) is 10.4 Å². The maximum atomic E-state index is 12.6. The molecule has 2 aliphatic rings. The predicted octanol–water partition coefficient (Wildman–Crippen LogP) is 2.41. The number of carbonyl (C=O) groups is 1. The number of hydrogen-bond donors (Lipinski definition) is 1. The molecule has 2 atom stereocenters. The van der Waals surface area contributed by atoms with Crippen LogP contribution in [0.1, 0.15) is 35.6 Å². The molecule has 0 bridgehead atoms. The van der Waals surface area contributed by atoms with E-state index in [1.807, 2.05) is 18.4 Å². The topological polar surface area (TPSA) is 32.3 Å². The minimum atomic E-state index is 0. The van der Waals surface area contributed by atoms with Gasteiger partial charge in [-0.2, -0.15) is 0 Å². The molecular weight excluding hydrogens is 280 g/mol. The van der Waals surface area contributed by atoms with Crippen LogP contribution in [0.25, 0.3) is 0 Å². The Bertz CT molecular complexity index is 448. The van der Waals surface area contributed by atoms with Crippen LogP contribution in [0.15, 0.2) is 11.4 Å². The Morgan fingerprint density at radius 3 is 3.05 bits per heavy atom. The lowest BCUT2D eigenvalue weighted by atomic mass is 9.87. The van der Waals surface area contributed by atoms with Gasteiger partial charge in [0, 0.05) is 24.0 Å². The average molecular weight is 301 g/mol. The first-order chi connectivity index (χ1) is 8.79. The summed E-state index contributed by atoms with van der Waals surface area (Å²) in [5, 5.41) is 5.41. The molecule has 1 amide bonds. The van der Waals surface area contributed by atoms with Crippen molar-refractivity contribution in [3.8, 4) is 0 Å². The fourth-order valence-electron chi connectivity index (χ4n) is 3.16. The summed E-state index contributed by atoms with van der Waals surface area (Å²) >= 11 is 1.81. The number of fused-ring (bicyclic) bond motifs is 1. The van der Waals surface area contributed by atoms with Crippen molar-refractivity contribution in [1.82, 2.24) is 10.2 Å². The molecule has 0 saturated carbocycles. The summed E-state index contributed by atoms with van der Waals surface area (Å²) in [7, 11) is 1.98. The van der Waals surface area contributed by atoms with E-state index in [1.54, 1.807) is 0 Å². The smallest absolute Gasteiger partial charge is 0.230 e. The number of carbonyl (C=O) groups excluding carboxylic acids is 1. The van der Waals surface area contributed by atoms with E-state index in [9.17, 15) is 4.79 Å². The van der Waals surface area contributed by atoms with Gasteiger partial charge in [0.05, 0.1) is 5.92 Å². The molecular formula is C14H21ClN2OS. The Labute approximate surface area is 124 Å². The number of nitrogens with one attached hydrogen (secondary N) is 1. The molecule has 5 heteroatoms. The molecule has 1 aliphatic heterocycles. The van der Waals surface area contributed by atoms with E-state index < -0.39 is 0 Å². The van der Waals surface area contributed by atoms with Gasteiger partial charge in [-0.15, -0.1) is 23.7 Å². The zero-order chi connectivity index (χ0) is 12.5. The van der Waals surface area contributed by atoms with Crippen LogP contribution in [0.4, 0.5) is 0 Å². The van der Waals surface area contributed by atoms with Gasteiger partial charge in [0.2, 0.25) is 5.91 Å². The van der Waals surface area contributed by atoms with Gasteiger partial charge in [-0.05, 0) is 49.7 Å². The van der Waals surface area contributed by atoms with Gasteiger partial charge in [-0.25, -0.2) is 0 Å². The second-order valence-electron chi connectivity index (χ2n) is 5.30. The number of nitrogens with zero attached hydrogens (tertiary/aromatic N) is 1. The molecule has 2 unspecified atom stereocenters. The Hall–Kier alpha value is -0.580. The quantitative estimate of drug-likeness (QED) is 0.910. The van der Waals surface area contributed by atoms with E-state index >= 15 is 0 Å². The number of thiophene rings is 1. The third-order valence-corrected chi connectivity index (χ3v) is 5.25. The van der Waals surface area contributed by atoms with Crippen LogP contribution < -0.4 is 5.32 Å². The second-order valence-corrected chi connectivity index (χ2v) is 6.30. The molecule has 0 aromatic carbocycles. The monoisotopic (exact) mass is 300 g/mol. The van der Waals surface area contributed by atoms with Gasteiger partial charge in [0.25, 0.3) is 0 Å². The van der Waals surface area contributed by atoms with Crippen molar-refractivity contribution in [2.75, 3.05) is 20.1 Å². The summed E-state index contributed by atoms with van der Waals surface area (Å²) in [6.45, 7) is 1.80. The van der Waals surface area contributed by atoms with Crippen molar-refractivity contribution >= 4 is 29.7 Å². The fraction of sp³-hybridized carbons (Fsp3) is 0.643. The minimum absolute atomic E-state index is 0. The SMILES string of the molecule is CNC1CCN(C(=O)C2CCCc3sccc32)C1.Cl. The van der Waals surface area contributed by atoms with Gasteiger partial charge in [-0.1, -0.05) is 0 Å². The molecule has 2 heterocycles. The third kappa shape index (κ3) is 2.81. The number of likely N-dealkylation sites (N-methyl/N-ethyl adjacent to an activating group) is 1. The van der Waals surface area contributed by atoms with E-state index in [4.69, 9.17) is 0 Å². The predicted molar refractivity (Wildman–Crippen MR) is 81.3 cm³/mol. The molecule has 3 nitrogen and oxygen atoms in total. The molecule has 1 aromatic rings. The zero-order valence-corrected chi connectivity index (χ0v) is 12.9. The molecule has 106 valence electrons. The maximum absolute atomic E-state index is 12.6. The fourth-order valence-corrected chi connectivity index (χ4v) is 4.15. The lowest BCUT2D eigenvalue weighted by Crippen LogP contribution is -2.37. The summed E-state index contributed by atoms with van der Waals surface area (Å²) in [5.74, 6) is 0.489. The van der Waals surface area contributed by atoms with Gasteiger partial charge in [0.1, 0.15) is 0 Å². The largest absolute Gasteiger partial charge is 0.341 e. The highest BCUT2D eigenvalue weighted by Crippen LogP contribution is 2.36. The molecule has 1 saturated heterocycles. The van der Waals surface area contributed by atoms with Crippen LogP contribution in [0.5, 0.6) is 0 Å². The maximum Gasteiger partial charge on any atom is 0.230 e. The van der Waals surface area contributed by atoms with Gasteiger partial charge >= 0.3 is 0 Å². The molecule has 0 radical (unpaired) electrons. The van der Waals surface area contributed by atoms with Gasteiger partial charge in [0.15, 0.2) is 0 Å². The van der Waals surface area contributed by atoms with Crippen LogP contribution >= 0.6 is 23.7 Å². The lowest BCUT2D eigenvalue weighted by Gasteiger charge is -2.26. The Morgan fingerprint density at radius 2 is 2.32 bits per heavy atom. The lowest BCUT2D eigenvalue weighted by molar-refractivity contribution is -0.132. The molecule has 19 heavy (non-hydrogen) atoms. The molecule has 3 rings (SSSR count). The van der Waals surface area contributed by atoms with Crippen molar-refractivity contribution in [2.45, 2.75) is 37.6 Å². The Balaban J connectivity index is 0.00000133. The Morgan fingerprint density at radius 1 is 1.47 bits per heavy atom. The second kappa shape index (κ2) is 6.25. The van der Waals surface area contributed by atoms with Crippen LogP contribution in [0.2, 0.25) is 0 Å². The molecule has 1 fully saturated rings. The van der Waals surface area contributed by atoms with Crippen LogP contribution in [-0.2, 0) is 11.2 Å². The summed E-state index contributed by atoms with van der Waals surface area (Å²) < 4.78 is 0. The number of likely N-dealkylation sites (tertiary alicyclic amines) is 1. The first-order valence-corrected chi connectivity index (χ1v) is 7.70. The molecule has 1 aromatic heterocycles. The number of halogens is 1. The number of rotatable bonds is 2. The first kappa shape index (κ1) is 14.8. The normalized spacial score (nSPS) is 25.8. The summed E-state index contributed by atoms with van der Waals surface area (Å²) in [4.78, 5) is 16.1. The van der Waals surface area contributed by atoms with Crippen molar-refractivity contribution in [1.29, 1.82) is 0 Å². The molecule has 0 spiro atoms. The number of amides is 1. The van der Waals surface area contributed by atoms with Crippen LogP contribution in [0.3, 0.4) is 0 Å². The highest BCUT2D eigenvalue weighted by Gasteiger charge is 2.33. The highest BCUT2D eigenvalue weighted by molar-refractivity contribution is 7.10. The molecule has 1 N–H and O–H groups in total. The number of hydrogen-bond acceptors (Lipinski definition) is 3. The Kier molecular flexibility index (Phi) is 4.87. The van der Waals surface area contributed by atoms with Crippen molar-refractivity contribution < 1.29 is 4.79 Å². The highest BCUT2D eigenvalue weighted by atomic mass is 35.5. The van der Waals surface area contributed by atoms with Crippen molar-refractivity contribution in [3.05, 3.63) is 21.9 Å². The summed E-state index contributed by atoms with van der Waals surface area (Å²) in [6.07, 6.45) is 4.44. The molecule has 1 aliphatic carbocycles. The van der Waals surface area contributed by atoms with Crippen molar-refractivity contribution in [3.63, 3.8) is 0 Å². The number of aryl methyl sites for hydroxylation is 1. The van der Waals surface area contributed by atoms with Gasteiger partial charge in [-0.3, -0.25) is 4.79 Å². The van der Waals surface area contributed by atoms with Crippen LogP contribution in [0, 0.1) is 0 Å². The van der Waals surface area contributed by atoms with E-state index in [0.717, 1.165) is 38.8 Å².